The number of aryl methyl sites for hydroxylation is 1. The van der Waals surface area contributed by atoms with Crippen LogP contribution in [0.2, 0.25) is 0 Å². The number of nitrogens with zero attached hydrogens (tertiary/aromatic N) is 3. The summed E-state index contributed by atoms with van der Waals surface area (Å²) < 4.78 is 2.02. The zero-order valence-corrected chi connectivity index (χ0v) is 8.36. The summed E-state index contributed by atoms with van der Waals surface area (Å²) in [6, 6.07) is 0. The average molecular weight is 177 g/mol. The summed E-state index contributed by atoms with van der Waals surface area (Å²) in [4.78, 5) is 0. The van der Waals surface area contributed by atoms with Gasteiger partial charge in [-0.05, 0) is 26.3 Å². The van der Waals surface area contributed by atoms with E-state index in [0.29, 0.717) is 0 Å². The number of hydrogen-bond acceptors (Lipinski definition) is 2. The van der Waals surface area contributed by atoms with Gasteiger partial charge in [-0.2, -0.15) is 0 Å². The molecule has 0 saturated carbocycles. The number of hydrogen-bond donors (Lipinski definition) is 0. The van der Waals surface area contributed by atoms with Gasteiger partial charge in [-0.25, -0.2) is 0 Å². The second-order valence-corrected chi connectivity index (χ2v) is 2.87. The predicted octanol–water partition coefficient (Wildman–Crippen LogP) is 2.11. The van der Waals surface area contributed by atoms with Gasteiger partial charge in [-0.1, -0.05) is 18.2 Å². The Morgan fingerprint density at radius 1 is 1.54 bits per heavy atom. The van der Waals surface area contributed by atoms with Gasteiger partial charge in [0.15, 0.2) is 0 Å². The molecule has 0 aliphatic heterocycles. The first kappa shape index (κ1) is 9.71. The van der Waals surface area contributed by atoms with Crippen LogP contribution in [0, 0.1) is 6.92 Å². The number of rotatable bonds is 3. The van der Waals surface area contributed by atoms with Crippen LogP contribution in [0.25, 0.3) is 0 Å². The lowest BCUT2D eigenvalue weighted by atomic mass is 10.2. The van der Waals surface area contributed by atoms with Crippen LogP contribution in [0.1, 0.15) is 19.7 Å². The fraction of sp³-hybridized carbons (Fsp3) is 0.400. The second kappa shape index (κ2) is 4.60. The van der Waals surface area contributed by atoms with E-state index in [1.54, 1.807) is 6.33 Å². The molecular formula is C10H15N3. The molecule has 3 heteroatoms. The van der Waals surface area contributed by atoms with Crippen molar-refractivity contribution in [3.63, 3.8) is 0 Å². The predicted molar refractivity (Wildman–Crippen MR) is 53.3 cm³/mol. The van der Waals surface area contributed by atoms with Crippen molar-refractivity contribution in [2.75, 3.05) is 0 Å². The average Bonchev–Trinajstić information content (AvgIpc) is 2.51. The number of allylic oxidation sites excluding steroid dienone is 4. The molecule has 0 unspecified atom stereocenters. The lowest BCUT2D eigenvalue weighted by Gasteiger charge is -2.03. The van der Waals surface area contributed by atoms with Crippen molar-refractivity contribution >= 4 is 0 Å². The van der Waals surface area contributed by atoms with E-state index in [4.69, 9.17) is 0 Å². The minimum Gasteiger partial charge on any atom is -0.313 e. The molecule has 1 aromatic rings. The Morgan fingerprint density at radius 2 is 2.31 bits per heavy atom. The smallest absolute Gasteiger partial charge is 0.129 e. The monoisotopic (exact) mass is 177 g/mol. The fourth-order valence-corrected chi connectivity index (χ4v) is 1.12. The van der Waals surface area contributed by atoms with E-state index in [2.05, 4.69) is 22.3 Å². The summed E-state index contributed by atoms with van der Waals surface area (Å²) in [5.41, 5.74) is 1.27. The minimum absolute atomic E-state index is 0.847. The van der Waals surface area contributed by atoms with Crippen LogP contribution in [-0.2, 0) is 6.54 Å². The molecule has 0 aliphatic carbocycles. The molecular weight excluding hydrogens is 162 g/mol. The normalized spacial score (nSPS) is 12.7. The molecule has 0 fully saturated rings. The van der Waals surface area contributed by atoms with Crippen molar-refractivity contribution in [1.29, 1.82) is 0 Å². The summed E-state index contributed by atoms with van der Waals surface area (Å²) in [6.07, 6.45) is 7.98. The highest BCUT2D eigenvalue weighted by molar-refractivity contribution is 5.17. The maximum Gasteiger partial charge on any atom is 0.129 e. The quantitative estimate of drug-likeness (QED) is 0.662. The minimum atomic E-state index is 0.847. The third kappa shape index (κ3) is 2.54. The molecule has 0 saturated heterocycles. The molecule has 0 aliphatic rings. The van der Waals surface area contributed by atoms with Crippen LogP contribution in [0.4, 0.5) is 0 Å². The van der Waals surface area contributed by atoms with E-state index in [1.165, 1.54) is 5.57 Å². The molecule has 0 N–H and O–H groups in total. The van der Waals surface area contributed by atoms with Gasteiger partial charge in [0.25, 0.3) is 0 Å². The first-order chi connectivity index (χ1) is 6.27. The van der Waals surface area contributed by atoms with Crippen molar-refractivity contribution in [2.24, 2.45) is 0 Å². The molecule has 0 amide bonds. The van der Waals surface area contributed by atoms with E-state index in [0.717, 1.165) is 12.4 Å². The molecule has 1 heterocycles. The van der Waals surface area contributed by atoms with Crippen molar-refractivity contribution < 1.29 is 0 Å². The van der Waals surface area contributed by atoms with Gasteiger partial charge in [-0.15, -0.1) is 10.2 Å². The van der Waals surface area contributed by atoms with Crippen molar-refractivity contribution in [3.05, 3.63) is 36.0 Å². The van der Waals surface area contributed by atoms with E-state index in [9.17, 15) is 0 Å². The first-order valence-electron chi connectivity index (χ1n) is 4.40. The Bertz CT molecular complexity index is 321. The Morgan fingerprint density at radius 3 is 2.77 bits per heavy atom. The van der Waals surface area contributed by atoms with E-state index < -0.39 is 0 Å². The maximum absolute atomic E-state index is 3.93. The molecule has 3 nitrogen and oxygen atoms in total. The molecule has 13 heavy (non-hydrogen) atoms. The molecule has 1 aromatic heterocycles. The molecule has 1 rings (SSSR count). The summed E-state index contributed by atoms with van der Waals surface area (Å²) in [6.45, 7) is 6.85. The first-order valence-corrected chi connectivity index (χ1v) is 4.40. The summed E-state index contributed by atoms with van der Waals surface area (Å²) in [5, 5.41) is 7.76. The van der Waals surface area contributed by atoms with E-state index in [1.807, 2.05) is 31.4 Å². The standard InChI is InChI=1S/C10H15N3/c1-4-6-10(5-2)7-13-8-11-12-9(13)3/h4-6,8H,7H2,1-3H3/b6-4-,10-5+. The van der Waals surface area contributed by atoms with Crippen molar-refractivity contribution in [3.8, 4) is 0 Å². The molecule has 0 aromatic carbocycles. The zero-order valence-electron chi connectivity index (χ0n) is 8.36. The second-order valence-electron chi connectivity index (χ2n) is 2.87. The molecule has 70 valence electrons. The van der Waals surface area contributed by atoms with Gasteiger partial charge >= 0.3 is 0 Å². The van der Waals surface area contributed by atoms with Crippen LogP contribution in [0.15, 0.2) is 30.1 Å². The van der Waals surface area contributed by atoms with Crippen LogP contribution in [-0.4, -0.2) is 14.8 Å². The van der Waals surface area contributed by atoms with Gasteiger partial charge in [0.2, 0.25) is 0 Å². The van der Waals surface area contributed by atoms with E-state index in [-0.39, 0.29) is 0 Å². The third-order valence-electron chi connectivity index (χ3n) is 1.91. The summed E-state index contributed by atoms with van der Waals surface area (Å²) >= 11 is 0. The third-order valence-corrected chi connectivity index (χ3v) is 1.91. The Labute approximate surface area is 78.8 Å². The topological polar surface area (TPSA) is 30.7 Å². The van der Waals surface area contributed by atoms with Gasteiger partial charge < -0.3 is 4.57 Å². The van der Waals surface area contributed by atoms with Crippen LogP contribution >= 0.6 is 0 Å². The molecule has 0 atom stereocenters. The Balaban J connectivity index is 2.73. The molecule has 0 radical (unpaired) electrons. The fourth-order valence-electron chi connectivity index (χ4n) is 1.12. The van der Waals surface area contributed by atoms with Gasteiger partial charge in [0, 0.05) is 6.54 Å². The van der Waals surface area contributed by atoms with Crippen LogP contribution in [0.5, 0.6) is 0 Å². The van der Waals surface area contributed by atoms with Crippen LogP contribution in [0.3, 0.4) is 0 Å². The summed E-state index contributed by atoms with van der Waals surface area (Å²) in [5.74, 6) is 0.948. The van der Waals surface area contributed by atoms with Crippen LogP contribution < -0.4 is 0 Å². The molecule has 0 bridgehead atoms. The largest absolute Gasteiger partial charge is 0.313 e. The highest BCUT2D eigenvalue weighted by Crippen LogP contribution is 2.03. The van der Waals surface area contributed by atoms with Gasteiger partial charge in [-0.3, -0.25) is 0 Å². The lowest BCUT2D eigenvalue weighted by Crippen LogP contribution is -2.00. The maximum atomic E-state index is 3.93. The SMILES string of the molecule is C/C=C\C(=C/C)Cn1cnnc1C. The lowest BCUT2D eigenvalue weighted by molar-refractivity contribution is 0.759. The van der Waals surface area contributed by atoms with Gasteiger partial charge in [0.05, 0.1) is 0 Å². The zero-order chi connectivity index (χ0) is 9.68. The summed E-state index contributed by atoms with van der Waals surface area (Å²) in [7, 11) is 0. The van der Waals surface area contributed by atoms with Crippen molar-refractivity contribution in [2.45, 2.75) is 27.3 Å². The molecule has 0 spiro atoms. The van der Waals surface area contributed by atoms with Crippen molar-refractivity contribution in [1.82, 2.24) is 14.8 Å². The number of aromatic nitrogens is 3. The highest BCUT2D eigenvalue weighted by Gasteiger charge is 1.98. The van der Waals surface area contributed by atoms with E-state index >= 15 is 0 Å². The Kier molecular flexibility index (Phi) is 3.43. The highest BCUT2D eigenvalue weighted by atomic mass is 15.2. The Hall–Kier alpha value is -1.38. The van der Waals surface area contributed by atoms with Gasteiger partial charge in [0.1, 0.15) is 12.2 Å².